The highest BCUT2D eigenvalue weighted by Crippen LogP contribution is 2.20. The van der Waals surface area contributed by atoms with E-state index >= 15 is 0 Å². The molecule has 1 unspecified atom stereocenters. The van der Waals surface area contributed by atoms with Gasteiger partial charge in [-0.1, -0.05) is 194 Å². The highest BCUT2D eigenvalue weighted by atomic mass is 16.2. The second kappa shape index (κ2) is 30.9. The summed E-state index contributed by atoms with van der Waals surface area (Å²) in [6.07, 6.45) is 41.8. The summed E-state index contributed by atoms with van der Waals surface area (Å²) in [4.78, 5) is 26.6. The maximum atomic E-state index is 12.4. The predicted molar refractivity (Wildman–Crippen MR) is 188 cm³/mol. The van der Waals surface area contributed by atoms with E-state index in [2.05, 4.69) is 19.2 Å². The molecule has 0 aliphatic carbocycles. The molecule has 1 rings (SSSR count). The van der Waals surface area contributed by atoms with Crippen molar-refractivity contribution in [2.45, 2.75) is 225 Å². The molecule has 1 N–H and O–H groups in total. The van der Waals surface area contributed by atoms with E-state index in [9.17, 15) is 9.59 Å². The Morgan fingerprint density at radius 1 is 0.465 bits per heavy atom. The van der Waals surface area contributed by atoms with Crippen molar-refractivity contribution in [2.24, 2.45) is 0 Å². The number of carbonyl (C=O) groups is 2. The molecular weight excluding hydrogens is 528 g/mol. The topological polar surface area (TPSA) is 49.2 Å². The van der Waals surface area contributed by atoms with Crippen LogP contribution in [0.2, 0.25) is 0 Å². The number of hydrogen-bond donors (Lipinski definition) is 1. The monoisotopic (exact) mass is 605 g/mol. The zero-order chi connectivity index (χ0) is 31.1. The minimum Gasteiger partial charge on any atom is -0.354 e. The second-order valence-electron chi connectivity index (χ2n) is 13.9. The fraction of sp³-hybridized carbons (Fsp3) is 0.949. The molecule has 1 aliphatic rings. The Kier molecular flexibility index (Phi) is 28.8. The van der Waals surface area contributed by atoms with Gasteiger partial charge in [0.2, 0.25) is 11.8 Å². The Morgan fingerprint density at radius 2 is 0.767 bits per heavy atom. The lowest BCUT2D eigenvalue weighted by Gasteiger charge is -2.07. The molecule has 1 heterocycles. The van der Waals surface area contributed by atoms with Crippen LogP contribution in [0.15, 0.2) is 0 Å². The molecule has 1 atom stereocenters. The molecule has 0 radical (unpaired) electrons. The van der Waals surface area contributed by atoms with Crippen molar-refractivity contribution in [2.75, 3.05) is 13.1 Å². The van der Waals surface area contributed by atoms with Crippen LogP contribution in [0.3, 0.4) is 0 Å². The molecule has 0 aromatic rings. The minimum absolute atomic E-state index is 0.163. The van der Waals surface area contributed by atoms with E-state index in [0.717, 1.165) is 19.4 Å². The van der Waals surface area contributed by atoms with Gasteiger partial charge in [0.25, 0.3) is 0 Å². The molecule has 0 bridgehead atoms. The Bertz CT molecular complexity index is 622. The van der Waals surface area contributed by atoms with Gasteiger partial charge in [0, 0.05) is 25.9 Å². The first-order valence-corrected chi connectivity index (χ1v) is 19.7. The van der Waals surface area contributed by atoms with Crippen LogP contribution in [0, 0.1) is 0 Å². The van der Waals surface area contributed by atoms with Crippen LogP contribution in [0.5, 0.6) is 0 Å². The summed E-state index contributed by atoms with van der Waals surface area (Å²) >= 11 is 0. The molecule has 4 nitrogen and oxygen atoms in total. The van der Waals surface area contributed by atoms with Crippen LogP contribution in [-0.2, 0) is 9.59 Å². The van der Waals surface area contributed by atoms with Gasteiger partial charge in [-0.2, -0.15) is 0 Å². The van der Waals surface area contributed by atoms with Gasteiger partial charge < -0.3 is 10.2 Å². The molecule has 4 heteroatoms. The maximum absolute atomic E-state index is 12.4. The van der Waals surface area contributed by atoms with Gasteiger partial charge in [-0.05, 0) is 12.8 Å². The standard InChI is InChI=1S/C39H76N2O2/c1-3-5-7-9-11-13-15-17-19-21-23-25-27-29-31-33-38(42)40-35-37-36-41(37)39(43)34-32-30-28-26-24-22-20-18-16-14-12-10-8-6-4-2/h37H,3-36H2,1-2H3,(H,40,42). The number of rotatable bonds is 34. The van der Waals surface area contributed by atoms with Gasteiger partial charge in [-0.3, -0.25) is 9.59 Å². The third-order valence-electron chi connectivity index (χ3n) is 9.57. The summed E-state index contributed by atoms with van der Waals surface area (Å²) in [5.41, 5.74) is 0. The third-order valence-corrected chi connectivity index (χ3v) is 9.57. The van der Waals surface area contributed by atoms with Gasteiger partial charge in [-0.15, -0.1) is 0 Å². The Morgan fingerprint density at radius 3 is 1.12 bits per heavy atom. The number of unbranched alkanes of at least 4 members (excludes halogenated alkanes) is 28. The molecule has 43 heavy (non-hydrogen) atoms. The van der Waals surface area contributed by atoms with Crippen LogP contribution < -0.4 is 5.32 Å². The van der Waals surface area contributed by atoms with Gasteiger partial charge in [-0.25, -0.2) is 0 Å². The summed E-state index contributed by atoms with van der Waals surface area (Å²) in [7, 11) is 0. The lowest BCUT2D eigenvalue weighted by molar-refractivity contribution is -0.127. The lowest BCUT2D eigenvalue weighted by Crippen LogP contribution is -2.29. The fourth-order valence-corrected chi connectivity index (χ4v) is 6.43. The number of nitrogens with one attached hydrogen (secondary N) is 1. The number of nitrogens with zero attached hydrogens (tertiary/aromatic N) is 1. The minimum atomic E-state index is 0.163. The van der Waals surface area contributed by atoms with Gasteiger partial charge >= 0.3 is 0 Å². The maximum Gasteiger partial charge on any atom is 0.223 e. The van der Waals surface area contributed by atoms with E-state index < -0.39 is 0 Å². The van der Waals surface area contributed by atoms with Gasteiger partial charge in [0.1, 0.15) is 0 Å². The fourth-order valence-electron chi connectivity index (χ4n) is 6.43. The van der Waals surface area contributed by atoms with Crippen molar-refractivity contribution in [3.63, 3.8) is 0 Å². The molecule has 1 aliphatic heterocycles. The summed E-state index contributed by atoms with van der Waals surface area (Å²) < 4.78 is 0. The summed E-state index contributed by atoms with van der Waals surface area (Å²) in [6.45, 7) is 6.04. The quantitative estimate of drug-likeness (QED) is 0.0586. The molecule has 0 spiro atoms. The molecule has 1 fully saturated rings. The Balaban J connectivity index is 1.79. The van der Waals surface area contributed by atoms with Crippen molar-refractivity contribution in [3.05, 3.63) is 0 Å². The normalized spacial score (nSPS) is 14.4. The third kappa shape index (κ3) is 27.0. The highest BCUT2D eigenvalue weighted by molar-refractivity contribution is 5.79. The molecule has 0 saturated carbocycles. The summed E-state index contributed by atoms with van der Waals surface area (Å²) in [6, 6.07) is 0.244. The Labute approximate surface area is 269 Å². The van der Waals surface area contributed by atoms with Crippen LogP contribution in [0.1, 0.15) is 219 Å². The average molecular weight is 605 g/mol. The molecule has 1 saturated heterocycles. The molecular formula is C39H76N2O2. The predicted octanol–water partition coefficient (Wildman–Crippen LogP) is 11.8. The van der Waals surface area contributed by atoms with Crippen molar-refractivity contribution < 1.29 is 9.59 Å². The Hall–Kier alpha value is -1.06. The molecule has 0 aromatic heterocycles. The molecule has 2 amide bonds. The highest BCUT2D eigenvalue weighted by Gasteiger charge is 2.37. The van der Waals surface area contributed by atoms with Crippen molar-refractivity contribution in [3.8, 4) is 0 Å². The van der Waals surface area contributed by atoms with Crippen molar-refractivity contribution in [1.29, 1.82) is 0 Å². The summed E-state index contributed by atoms with van der Waals surface area (Å²) in [5.74, 6) is 0.452. The smallest absolute Gasteiger partial charge is 0.223 e. The second-order valence-corrected chi connectivity index (χ2v) is 13.9. The van der Waals surface area contributed by atoms with Crippen LogP contribution in [0.4, 0.5) is 0 Å². The van der Waals surface area contributed by atoms with Crippen molar-refractivity contribution >= 4 is 11.8 Å². The summed E-state index contributed by atoms with van der Waals surface area (Å²) in [5, 5.41) is 3.07. The lowest BCUT2D eigenvalue weighted by atomic mass is 10.0. The molecule has 254 valence electrons. The van der Waals surface area contributed by atoms with E-state index in [1.165, 1.54) is 180 Å². The first-order chi connectivity index (χ1) is 21.2. The molecule has 0 aromatic carbocycles. The van der Waals surface area contributed by atoms with Crippen LogP contribution >= 0.6 is 0 Å². The van der Waals surface area contributed by atoms with Crippen LogP contribution in [0.25, 0.3) is 0 Å². The van der Waals surface area contributed by atoms with Gasteiger partial charge in [0.05, 0.1) is 6.04 Å². The zero-order valence-corrected chi connectivity index (χ0v) is 29.4. The average Bonchev–Trinajstić information content (AvgIpc) is 3.80. The van der Waals surface area contributed by atoms with E-state index in [1.54, 1.807) is 0 Å². The number of carbonyl (C=O) groups excluding carboxylic acids is 2. The zero-order valence-electron chi connectivity index (χ0n) is 29.4. The van der Waals surface area contributed by atoms with E-state index in [4.69, 9.17) is 0 Å². The van der Waals surface area contributed by atoms with E-state index in [0.29, 0.717) is 19.4 Å². The van der Waals surface area contributed by atoms with E-state index in [1.807, 2.05) is 4.90 Å². The SMILES string of the molecule is CCCCCCCCCCCCCCCCCC(=O)NCC1CN1C(=O)CCCCCCCCCCCCCCCCC. The number of hydrogen-bond acceptors (Lipinski definition) is 2. The largest absolute Gasteiger partial charge is 0.354 e. The first kappa shape index (κ1) is 40.0. The van der Waals surface area contributed by atoms with Crippen LogP contribution in [-0.4, -0.2) is 35.8 Å². The van der Waals surface area contributed by atoms with Gasteiger partial charge in [0.15, 0.2) is 0 Å². The first-order valence-electron chi connectivity index (χ1n) is 19.7. The van der Waals surface area contributed by atoms with E-state index in [-0.39, 0.29) is 17.9 Å². The van der Waals surface area contributed by atoms with Crippen molar-refractivity contribution in [1.82, 2.24) is 10.2 Å². The number of amides is 2.